The minimum absolute atomic E-state index is 0.0836. The molecule has 2 N–H and O–H groups in total. The Kier molecular flexibility index (Phi) is 9.22. The smallest absolute Gasteiger partial charge is 0.236 e. The van der Waals surface area contributed by atoms with Gasteiger partial charge in [0.15, 0.2) is 6.29 Å². The summed E-state index contributed by atoms with van der Waals surface area (Å²) in [6, 6.07) is 6.17. The molecule has 3 rings (SSSR count). The standard InChI is InChI=1S/C24H32FN3O4S/c1-15(2)22-20(10-9-18(29)13-19(30)14-21-31-11-12-32-21)23(16-5-7-17(25)8-6-16)27-24(26-22)28(3)33-4/h5-10,15,18-19,21,29-30H,11-14H2,1-4H3/b10-9+. The van der Waals surface area contributed by atoms with Crippen molar-refractivity contribution in [3.8, 4) is 11.3 Å². The highest BCUT2D eigenvalue weighted by atomic mass is 32.2. The molecule has 2 unspecified atom stereocenters. The van der Waals surface area contributed by atoms with Crippen molar-refractivity contribution in [3.63, 3.8) is 0 Å². The fourth-order valence-electron chi connectivity index (χ4n) is 3.56. The van der Waals surface area contributed by atoms with Crippen LogP contribution in [0.2, 0.25) is 0 Å². The van der Waals surface area contributed by atoms with Gasteiger partial charge < -0.3 is 19.7 Å². The molecule has 0 bridgehead atoms. The van der Waals surface area contributed by atoms with E-state index in [1.165, 1.54) is 24.1 Å². The number of aliphatic hydroxyl groups excluding tert-OH is 2. The first-order valence-electron chi connectivity index (χ1n) is 11.0. The molecule has 0 radical (unpaired) electrons. The molecule has 9 heteroatoms. The number of benzene rings is 1. The highest BCUT2D eigenvalue weighted by molar-refractivity contribution is 7.99. The number of hydrogen-bond donors (Lipinski definition) is 2. The Morgan fingerprint density at radius 1 is 1.18 bits per heavy atom. The molecule has 2 atom stereocenters. The topological polar surface area (TPSA) is 87.9 Å². The van der Waals surface area contributed by atoms with Crippen molar-refractivity contribution in [2.24, 2.45) is 0 Å². The molecular formula is C24H32FN3O4S. The molecule has 0 saturated carbocycles. The van der Waals surface area contributed by atoms with Gasteiger partial charge in [-0.2, -0.15) is 0 Å². The predicted molar refractivity (Wildman–Crippen MR) is 129 cm³/mol. The van der Waals surface area contributed by atoms with Gasteiger partial charge >= 0.3 is 0 Å². The Morgan fingerprint density at radius 3 is 2.45 bits per heavy atom. The van der Waals surface area contributed by atoms with E-state index in [2.05, 4.69) is 0 Å². The van der Waals surface area contributed by atoms with Gasteiger partial charge in [0.05, 0.1) is 36.8 Å². The molecule has 1 fully saturated rings. The monoisotopic (exact) mass is 477 g/mol. The van der Waals surface area contributed by atoms with E-state index < -0.39 is 18.5 Å². The first-order valence-corrected chi connectivity index (χ1v) is 12.2. The fourth-order valence-corrected chi connectivity index (χ4v) is 3.80. The summed E-state index contributed by atoms with van der Waals surface area (Å²) in [7, 11) is 1.89. The van der Waals surface area contributed by atoms with E-state index in [0.717, 1.165) is 16.8 Å². The molecule has 0 aliphatic carbocycles. The SMILES string of the molecule is CSN(C)c1nc(-c2ccc(F)cc2)c(/C=C/C(O)CC(O)CC2OCCO2)c(C(C)C)n1. The summed E-state index contributed by atoms with van der Waals surface area (Å²) in [5.41, 5.74) is 2.98. The zero-order valence-electron chi connectivity index (χ0n) is 19.4. The Labute approximate surface area is 198 Å². The van der Waals surface area contributed by atoms with E-state index >= 15 is 0 Å². The van der Waals surface area contributed by atoms with Crippen molar-refractivity contribution < 1.29 is 24.1 Å². The summed E-state index contributed by atoms with van der Waals surface area (Å²) in [5, 5.41) is 20.8. The third kappa shape index (κ3) is 6.97. The lowest BCUT2D eigenvalue weighted by atomic mass is 9.97. The van der Waals surface area contributed by atoms with Crippen LogP contribution in [0.4, 0.5) is 10.3 Å². The van der Waals surface area contributed by atoms with Crippen LogP contribution in [0.3, 0.4) is 0 Å². The van der Waals surface area contributed by atoms with Crippen LogP contribution < -0.4 is 4.31 Å². The second-order valence-electron chi connectivity index (χ2n) is 8.24. The number of hydrogen-bond acceptors (Lipinski definition) is 8. The molecule has 1 aromatic carbocycles. The molecule has 1 saturated heterocycles. The van der Waals surface area contributed by atoms with Crippen LogP contribution in [0.5, 0.6) is 0 Å². The average molecular weight is 478 g/mol. The maximum Gasteiger partial charge on any atom is 0.236 e. The van der Waals surface area contributed by atoms with Crippen molar-refractivity contribution in [2.75, 3.05) is 30.8 Å². The van der Waals surface area contributed by atoms with Crippen LogP contribution in [0.1, 0.15) is 43.9 Å². The second-order valence-corrected chi connectivity index (χ2v) is 9.15. The molecule has 1 aromatic heterocycles. The first kappa shape index (κ1) is 25.6. The molecule has 2 heterocycles. The molecule has 180 valence electrons. The molecule has 1 aliphatic heterocycles. The summed E-state index contributed by atoms with van der Waals surface area (Å²) in [6.07, 6.45) is 3.75. The largest absolute Gasteiger partial charge is 0.393 e. The molecular weight excluding hydrogens is 445 g/mol. The quantitative estimate of drug-likeness (QED) is 0.497. The van der Waals surface area contributed by atoms with E-state index in [1.54, 1.807) is 24.3 Å². The van der Waals surface area contributed by atoms with Gasteiger partial charge in [0.1, 0.15) is 5.82 Å². The highest BCUT2D eigenvalue weighted by Gasteiger charge is 2.22. The van der Waals surface area contributed by atoms with Gasteiger partial charge in [-0.1, -0.05) is 37.9 Å². The summed E-state index contributed by atoms with van der Waals surface area (Å²) >= 11 is 1.49. The van der Waals surface area contributed by atoms with Crippen LogP contribution >= 0.6 is 11.9 Å². The average Bonchev–Trinajstić information content (AvgIpc) is 3.29. The van der Waals surface area contributed by atoms with Crippen LogP contribution in [0.15, 0.2) is 30.3 Å². The van der Waals surface area contributed by atoms with Crippen molar-refractivity contribution in [1.82, 2.24) is 9.97 Å². The van der Waals surface area contributed by atoms with Crippen molar-refractivity contribution in [2.45, 2.75) is 51.1 Å². The number of halogens is 1. The number of ether oxygens (including phenoxy) is 2. The Bertz CT molecular complexity index is 936. The number of aliphatic hydroxyl groups is 2. The summed E-state index contributed by atoms with van der Waals surface area (Å²) in [5.74, 6) is 0.311. The van der Waals surface area contributed by atoms with Gasteiger partial charge in [0, 0.05) is 37.3 Å². The lowest BCUT2D eigenvalue weighted by Gasteiger charge is -2.20. The Balaban J connectivity index is 1.91. The van der Waals surface area contributed by atoms with Crippen molar-refractivity contribution in [3.05, 3.63) is 47.4 Å². The van der Waals surface area contributed by atoms with Crippen LogP contribution in [-0.4, -0.2) is 65.2 Å². The summed E-state index contributed by atoms with van der Waals surface area (Å²) in [4.78, 5) is 9.51. The Morgan fingerprint density at radius 2 is 1.85 bits per heavy atom. The number of rotatable bonds is 10. The minimum Gasteiger partial charge on any atom is -0.393 e. The van der Waals surface area contributed by atoms with Gasteiger partial charge in [0.2, 0.25) is 5.95 Å². The lowest BCUT2D eigenvalue weighted by molar-refractivity contribution is -0.0742. The number of nitrogens with zero attached hydrogens (tertiary/aromatic N) is 3. The highest BCUT2D eigenvalue weighted by Crippen LogP contribution is 2.32. The maximum absolute atomic E-state index is 13.6. The molecule has 2 aromatic rings. The fraction of sp³-hybridized carbons (Fsp3) is 0.500. The molecule has 1 aliphatic rings. The van der Waals surface area contributed by atoms with E-state index in [-0.39, 0.29) is 18.2 Å². The van der Waals surface area contributed by atoms with E-state index in [1.807, 2.05) is 31.5 Å². The third-order valence-electron chi connectivity index (χ3n) is 5.34. The third-order valence-corrected chi connectivity index (χ3v) is 6.05. The molecule has 0 spiro atoms. The van der Waals surface area contributed by atoms with Crippen molar-refractivity contribution in [1.29, 1.82) is 0 Å². The van der Waals surface area contributed by atoms with Crippen LogP contribution in [-0.2, 0) is 9.47 Å². The van der Waals surface area contributed by atoms with Gasteiger partial charge in [-0.05, 0) is 30.2 Å². The first-order chi connectivity index (χ1) is 15.8. The minimum atomic E-state index is -0.879. The van der Waals surface area contributed by atoms with E-state index in [9.17, 15) is 14.6 Å². The Hall–Kier alpha value is -2.04. The molecule has 7 nitrogen and oxygen atoms in total. The maximum atomic E-state index is 13.6. The van der Waals surface area contributed by atoms with Gasteiger partial charge in [-0.3, -0.25) is 4.31 Å². The molecule has 33 heavy (non-hydrogen) atoms. The van der Waals surface area contributed by atoms with Gasteiger partial charge in [0.25, 0.3) is 0 Å². The number of anilines is 1. The zero-order chi connectivity index (χ0) is 24.0. The lowest BCUT2D eigenvalue weighted by Crippen LogP contribution is -2.22. The van der Waals surface area contributed by atoms with E-state index in [0.29, 0.717) is 31.3 Å². The molecule has 0 amide bonds. The van der Waals surface area contributed by atoms with E-state index in [4.69, 9.17) is 19.4 Å². The number of aromatic nitrogens is 2. The second kappa shape index (κ2) is 11.9. The normalized spacial score (nSPS) is 16.6. The summed E-state index contributed by atoms with van der Waals surface area (Å²) in [6.45, 7) is 5.12. The van der Waals surface area contributed by atoms with Crippen LogP contribution in [0.25, 0.3) is 17.3 Å². The zero-order valence-corrected chi connectivity index (χ0v) is 20.3. The van der Waals surface area contributed by atoms with Gasteiger partial charge in [-0.25, -0.2) is 14.4 Å². The van der Waals surface area contributed by atoms with Crippen molar-refractivity contribution >= 4 is 24.0 Å². The van der Waals surface area contributed by atoms with Crippen LogP contribution in [0, 0.1) is 5.82 Å². The summed E-state index contributed by atoms with van der Waals surface area (Å²) < 4.78 is 26.1. The predicted octanol–water partition coefficient (Wildman–Crippen LogP) is 4.01. The van der Waals surface area contributed by atoms with Gasteiger partial charge in [-0.15, -0.1) is 0 Å².